The molecule has 0 saturated carbocycles. The second-order valence-corrected chi connectivity index (χ2v) is 4.65. The zero-order valence-corrected chi connectivity index (χ0v) is 12.8. The topological polar surface area (TPSA) is 93.4 Å². The minimum absolute atomic E-state index is 0.0224. The molecule has 2 N–H and O–H groups in total. The van der Waals surface area contributed by atoms with Gasteiger partial charge < -0.3 is 15.3 Å². The Labute approximate surface area is 131 Å². The van der Waals surface area contributed by atoms with Gasteiger partial charge in [-0.1, -0.05) is 18.6 Å². The lowest BCUT2D eigenvalue weighted by molar-refractivity contribution is -0.137. The van der Waals surface area contributed by atoms with Crippen molar-refractivity contribution >= 4 is 11.9 Å². The smallest absolute Gasteiger partial charge is 0.303 e. The van der Waals surface area contributed by atoms with Crippen LogP contribution in [0.5, 0.6) is 0 Å². The van der Waals surface area contributed by atoms with Gasteiger partial charge in [-0.2, -0.15) is 5.26 Å². The summed E-state index contributed by atoms with van der Waals surface area (Å²) in [5.41, 5.74) is 0.0224. The Morgan fingerprint density at radius 1 is 1.18 bits per heavy atom. The first-order chi connectivity index (χ1) is 10.5. The summed E-state index contributed by atoms with van der Waals surface area (Å²) in [7, 11) is 0. The van der Waals surface area contributed by atoms with E-state index in [9.17, 15) is 9.59 Å². The summed E-state index contributed by atoms with van der Waals surface area (Å²) in [6.45, 7) is 8.69. The van der Waals surface area contributed by atoms with Crippen molar-refractivity contribution in [3.63, 3.8) is 0 Å². The molecule has 0 fully saturated rings. The van der Waals surface area contributed by atoms with Gasteiger partial charge in [0, 0.05) is 32.3 Å². The lowest BCUT2D eigenvalue weighted by Crippen LogP contribution is -2.27. The molecule has 0 aromatic carbocycles. The molecule has 22 heavy (non-hydrogen) atoms. The predicted octanol–water partition coefficient (Wildman–Crippen LogP) is 1.83. The number of carboxylic acid groups (broad SMARTS) is 1. The van der Waals surface area contributed by atoms with Gasteiger partial charge in [0.05, 0.1) is 0 Å². The summed E-state index contributed by atoms with van der Waals surface area (Å²) >= 11 is 0. The van der Waals surface area contributed by atoms with Gasteiger partial charge in [-0.05, 0) is 12.8 Å². The molecule has 0 aliphatic carbocycles. The standard InChI is InChI=1S/C16H23N3O3/c1-3-10-19(11-4-2)13-14(12-17)16(22)18-9-7-5-6-8-15(20)21/h3-4,13H,1-2,5-11H2,(H,18,22)(H,20,21)/b14-13-. The van der Waals surface area contributed by atoms with Crippen molar-refractivity contribution in [3.8, 4) is 6.07 Å². The fourth-order valence-corrected chi connectivity index (χ4v) is 1.71. The number of hydrogen-bond donors (Lipinski definition) is 2. The van der Waals surface area contributed by atoms with Crippen LogP contribution in [-0.4, -0.2) is 41.5 Å². The molecular weight excluding hydrogens is 282 g/mol. The van der Waals surface area contributed by atoms with Gasteiger partial charge in [0.15, 0.2) is 0 Å². The maximum atomic E-state index is 11.9. The summed E-state index contributed by atoms with van der Waals surface area (Å²) in [6, 6.07) is 1.88. The van der Waals surface area contributed by atoms with Gasteiger partial charge in [0.25, 0.3) is 5.91 Å². The molecule has 0 aliphatic rings. The minimum atomic E-state index is -0.816. The third-order valence-electron chi connectivity index (χ3n) is 2.76. The SMILES string of the molecule is C=CCN(/C=C(/C#N)C(=O)NCCCCCC(=O)O)CC=C. The molecule has 0 aliphatic heterocycles. The normalized spacial score (nSPS) is 10.4. The van der Waals surface area contributed by atoms with Crippen LogP contribution in [-0.2, 0) is 9.59 Å². The summed E-state index contributed by atoms with van der Waals surface area (Å²) in [5, 5.41) is 20.2. The highest BCUT2D eigenvalue weighted by Crippen LogP contribution is 2.01. The van der Waals surface area contributed by atoms with Crippen LogP contribution < -0.4 is 5.32 Å². The molecule has 1 amide bonds. The third-order valence-corrected chi connectivity index (χ3v) is 2.76. The zero-order valence-electron chi connectivity index (χ0n) is 12.8. The molecule has 0 bridgehead atoms. The second-order valence-electron chi connectivity index (χ2n) is 4.65. The highest BCUT2D eigenvalue weighted by molar-refractivity contribution is 5.97. The largest absolute Gasteiger partial charge is 0.481 e. The van der Waals surface area contributed by atoms with Crippen molar-refractivity contribution in [2.24, 2.45) is 0 Å². The molecular formula is C16H23N3O3. The first-order valence-corrected chi connectivity index (χ1v) is 7.12. The van der Waals surface area contributed by atoms with E-state index in [-0.39, 0.29) is 12.0 Å². The number of carbonyl (C=O) groups is 2. The van der Waals surface area contributed by atoms with E-state index in [1.165, 1.54) is 6.20 Å². The molecule has 0 aromatic rings. The maximum Gasteiger partial charge on any atom is 0.303 e. The lowest BCUT2D eigenvalue weighted by atomic mass is 10.2. The number of rotatable bonds is 12. The fourth-order valence-electron chi connectivity index (χ4n) is 1.71. The number of carbonyl (C=O) groups excluding carboxylic acids is 1. The van der Waals surface area contributed by atoms with Crippen LogP contribution in [0.1, 0.15) is 25.7 Å². The van der Waals surface area contributed by atoms with E-state index < -0.39 is 11.9 Å². The number of amides is 1. The van der Waals surface area contributed by atoms with Crippen molar-refractivity contribution < 1.29 is 14.7 Å². The maximum absolute atomic E-state index is 11.9. The van der Waals surface area contributed by atoms with Gasteiger partial charge >= 0.3 is 5.97 Å². The molecule has 0 atom stereocenters. The monoisotopic (exact) mass is 305 g/mol. The van der Waals surface area contributed by atoms with E-state index in [4.69, 9.17) is 10.4 Å². The number of carboxylic acids is 1. The summed E-state index contributed by atoms with van der Waals surface area (Å²) < 4.78 is 0. The minimum Gasteiger partial charge on any atom is -0.481 e. The number of nitrogens with zero attached hydrogens (tertiary/aromatic N) is 2. The van der Waals surface area contributed by atoms with Crippen LogP contribution in [0.2, 0.25) is 0 Å². The van der Waals surface area contributed by atoms with Crippen molar-refractivity contribution in [2.75, 3.05) is 19.6 Å². The average Bonchev–Trinajstić information content (AvgIpc) is 2.48. The summed E-state index contributed by atoms with van der Waals surface area (Å²) in [4.78, 5) is 24.0. The van der Waals surface area contributed by atoms with Gasteiger partial charge in [0.2, 0.25) is 0 Å². The molecule has 0 saturated heterocycles. The van der Waals surface area contributed by atoms with Crippen LogP contribution in [0.3, 0.4) is 0 Å². The zero-order chi connectivity index (χ0) is 16.8. The van der Waals surface area contributed by atoms with Crippen LogP contribution in [0.15, 0.2) is 37.1 Å². The van der Waals surface area contributed by atoms with Gasteiger partial charge in [-0.25, -0.2) is 0 Å². The van der Waals surface area contributed by atoms with Crippen molar-refractivity contribution in [3.05, 3.63) is 37.1 Å². The fraction of sp³-hybridized carbons (Fsp3) is 0.438. The Kier molecular flexibility index (Phi) is 10.8. The molecule has 120 valence electrons. The van der Waals surface area contributed by atoms with Crippen molar-refractivity contribution in [1.82, 2.24) is 10.2 Å². The Morgan fingerprint density at radius 3 is 2.32 bits per heavy atom. The third kappa shape index (κ3) is 9.37. The molecule has 0 spiro atoms. The number of nitrogens with one attached hydrogen (secondary N) is 1. The predicted molar refractivity (Wildman–Crippen MR) is 84.8 cm³/mol. The van der Waals surface area contributed by atoms with E-state index in [1.807, 2.05) is 6.07 Å². The number of nitriles is 1. The van der Waals surface area contributed by atoms with Crippen molar-refractivity contribution in [2.45, 2.75) is 25.7 Å². The molecule has 6 nitrogen and oxygen atoms in total. The van der Waals surface area contributed by atoms with Crippen LogP contribution in [0, 0.1) is 11.3 Å². The molecule has 6 heteroatoms. The molecule has 0 radical (unpaired) electrons. The van der Waals surface area contributed by atoms with Crippen molar-refractivity contribution in [1.29, 1.82) is 5.26 Å². The van der Waals surface area contributed by atoms with Crippen LogP contribution >= 0.6 is 0 Å². The first kappa shape index (κ1) is 19.4. The van der Waals surface area contributed by atoms with Crippen LogP contribution in [0.25, 0.3) is 0 Å². The number of aliphatic carboxylic acids is 1. The van der Waals surface area contributed by atoms with E-state index in [2.05, 4.69) is 18.5 Å². The van der Waals surface area contributed by atoms with E-state index in [1.54, 1.807) is 17.1 Å². The molecule has 0 unspecified atom stereocenters. The Hall–Kier alpha value is -2.55. The average molecular weight is 305 g/mol. The number of hydrogen-bond acceptors (Lipinski definition) is 4. The lowest BCUT2D eigenvalue weighted by Gasteiger charge is -2.16. The Balaban J connectivity index is 4.29. The van der Waals surface area contributed by atoms with Crippen LogP contribution in [0.4, 0.5) is 0 Å². The second kappa shape index (κ2) is 12.2. The Morgan fingerprint density at radius 2 is 1.82 bits per heavy atom. The molecule has 0 rings (SSSR count). The highest BCUT2D eigenvalue weighted by Gasteiger charge is 2.09. The van der Waals surface area contributed by atoms with E-state index >= 15 is 0 Å². The molecule has 0 aromatic heterocycles. The summed E-state index contributed by atoms with van der Waals surface area (Å²) in [6.07, 6.45) is 6.96. The van der Waals surface area contributed by atoms with Gasteiger partial charge in [0.1, 0.15) is 11.6 Å². The van der Waals surface area contributed by atoms with Gasteiger partial charge in [-0.3, -0.25) is 9.59 Å². The summed E-state index contributed by atoms with van der Waals surface area (Å²) in [5.74, 6) is -1.25. The van der Waals surface area contributed by atoms with E-state index in [0.29, 0.717) is 32.5 Å². The highest BCUT2D eigenvalue weighted by atomic mass is 16.4. The quantitative estimate of drug-likeness (QED) is 0.248. The number of unbranched alkanes of at least 4 members (excludes halogenated alkanes) is 2. The van der Waals surface area contributed by atoms with E-state index in [0.717, 1.165) is 6.42 Å². The van der Waals surface area contributed by atoms with Gasteiger partial charge in [-0.15, -0.1) is 13.2 Å². The first-order valence-electron chi connectivity index (χ1n) is 7.12. The molecule has 0 heterocycles. The Bertz CT molecular complexity index is 454.